The van der Waals surface area contributed by atoms with Crippen molar-refractivity contribution >= 4 is 6.09 Å². The molecule has 48 valence electrons. The fourth-order valence-corrected chi connectivity index (χ4v) is 0.246. The van der Waals surface area contributed by atoms with Crippen LogP contribution in [0.15, 0.2) is 0 Å². The van der Waals surface area contributed by atoms with Crippen LogP contribution in [0.2, 0.25) is 0 Å². The van der Waals surface area contributed by atoms with Gasteiger partial charge in [-0.2, -0.15) is 0 Å². The number of carbonyl (C=O) groups is 1. The molecule has 0 aliphatic rings. The maximum absolute atomic E-state index is 9.74. The van der Waals surface area contributed by atoms with Crippen LogP contribution in [0.4, 0.5) is 4.79 Å². The third-order valence-corrected chi connectivity index (χ3v) is 0.585. The molecule has 9 heavy (non-hydrogen) atoms. The first-order valence-corrected chi connectivity index (χ1v) is 2.30. The molecule has 0 aromatic carbocycles. The number of hydrogen-bond donors (Lipinski definition) is 1. The van der Waals surface area contributed by atoms with Gasteiger partial charge in [-0.05, 0) is 7.05 Å². The Balaban J connectivity index is 0. The molecule has 0 unspecified atom stereocenters. The van der Waals surface area contributed by atoms with Crippen molar-refractivity contribution in [1.29, 1.82) is 0 Å². The van der Waals surface area contributed by atoms with Crippen LogP contribution in [0.5, 0.6) is 0 Å². The number of amides is 1. The molecule has 0 saturated carbocycles. The molecule has 0 rings (SSSR count). The van der Waals surface area contributed by atoms with E-state index in [1.54, 1.807) is 7.05 Å². The molecule has 0 fully saturated rings. The van der Waals surface area contributed by atoms with Gasteiger partial charge in [-0.3, -0.25) is 4.79 Å². The molecule has 0 bridgehead atoms. The van der Waals surface area contributed by atoms with Gasteiger partial charge >= 0.3 is 51.4 Å². The van der Waals surface area contributed by atoms with Crippen LogP contribution in [0, 0.1) is 0 Å². The second-order valence-electron chi connectivity index (χ2n) is 1.24. The van der Waals surface area contributed by atoms with E-state index in [-0.39, 0.29) is 58.0 Å². The van der Waals surface area contributed by atoms with Gasteiger partial charge in [0.25, 0.3) is 0 Å². The SMILES string of the molecule is CNCCOC([NH-])=O.[K+]. The van der Waals surface area contributed by atoms with Crippen molar-refractivity contribution < 1.29 is 60.9 Å². The summed E-state index contributed by atoms with van der Waals surface area (Å²) >= 11 is 0. The average Bonchev–Trinajstić information content (AvgIpc) is 1.66. The van der Waals surface area contributed by atoms with Crippen LogP contribution in [0.1, 0.15) is 0 Å². The summed E-state index contributed by atoms with van der Waals surface area (Å²) in [6.45, 7) is 0.878. The first-order chi connectivity index (χ1) is 3.77. The van der Waals surface area contributed by atoms with Gasteiger partial charge in [0.1, 0.15) is 6.61 Å². The third-order valence-electron chi connectivity index (χ3n) is 0.585. The molecule has 0 saturated heterocycles. The fourth-order valence-electron chi connectivity index (χ4n) is 0.246. The van der Waals surface area contributed by atoms with E-state index in [0.29, 0.717) is 6.54 Å². The molecule has 0 atom stereocenters. The summed E-state index contributed by atoms with van der Waals surface area (Å²) in [4.78, 5) is 9.74. The van der Waals surface area contributed by atoms with E-state index >= 15 is 0 Å². The zero-order valence-electron chi connectivity index (χ0n) is 5.73. The summed E-state index contributed by atoms with van der Waals surface area (Å²) in [5.74, 6) is 0. The monoisotopic (exact) mass is 156 g/mol. The standard InChI is InChI=1S/C4H10N2O2.K/c1-6-2-3-8-4(5)7;/h6H,2-3H2,1H3,(H2,5,7);/q;+1/p-1. The Morgan fingerprint density at radius 3 is 2.67 bits per heavy atom. The van der Waals surface area contributed by atoms with Crippen LogP contribution >= 0.6 is 0 Å². The summed E-state index contributed by atoms with van der Waals surface area (Å²) in [6, 6.07) is 0. The average molecular weight is 156 g/mol. The maximum atomic E-state index is 9.74. The van der Waals surface area contributed by atoms with Crippen molar-refractivity contribution in [2.24, 2.45) is 0 Å². The first-order valence-electron chi connectivity index (χ1n) is 2.30. The van der Waals surface area contributed by atoms with Gasteiger partial charge in [0.15, 0.2) is 0 Å². The van der Waals surface area contributed by atoms with Gasteiger partial charge in [0.05, 0.1) is 0 Å². The van der Waals surface area contributed by atoms with Crippen molar-refractivity contribution in [1.82, 2.24) is 5.32 Å². The van der Waals surface area contributed by atoms with Crippen LogP contribution in [0.25, 0.3) is 5.73 Å². The van der Waals surface area contributed by atoms with Crippen LogP contribution in [-0.4, -0.2) is 26.3 Å². The Kier molecular flexibility index (Phi) is 12.3. The van der Waals surface area contributed by atoms with E-state index in [0.717, 1.165) is 0 Å². The van der Waals surface area contributed by atoms with Crippen molar-refractivity contribution in [3.05, 3.63) is 5.73 Å². The Labute approximate surface area is 96.9 Å². The molecular weight excluding hydrogens is 147 g/mol. The number of rotatable bonds is 3. The molecule has 1 amide bonds. The van der Waals surface area contributed by atoms with Crippen molar-refractivity contribution in [3.63, 3.8) is 0 Å². The second-order valence-corrected chi connectivity index (χ2v) is 1.24. The molecule has 5 heteroatoms. The summed E-state index contributed by atoms with van der Waals surface area (Å²) < 4.78 is 4.25. The van der Waals surface area contributed by atoms with Gasteiger partial charge in [0, 0.05) is 6.54 Å². The molecule has 4 nitrogen and oxygen atoms in total. The van der Waals surface area contributed by atoms with Crippen molar-refractivity contribution in [2.45, 2.75) is 0 Å². The van der Waals surface area contributed by atoms with E-state index < -0.39 is 6.09 Å². The molecule has 0 aromatic heterocycles. The number of carbonyl (C=O) groups excluding carboxylic acids is 1. The van der Waals surface area contributed by atoms with Crippen LogP contribution in [0.3, 0.4) is 0 Å². The number of ether oxygens (including phenoxy) is 1. The maximum Gasteiger partial charge on any atom is 1.00 e. The predicted octanol–water partition coefficient (Wildman–Crippen LogP) is -2.60. The topological polar surface area (TPSA) is 62.1 Å². The Morgan fingerprint density at radius 1 is 1.78 bits per heavy atom. The molecule has 0 heterocycles. The second kappa shape index (κ2) is 8.87. The van der Waals surface area contributed by atoms with Gasteiger partial charge in [-0.15, -0.1) is 0 Å². The molecule has 2 N–H and O–H groups in total. The number of likely N-dealkylation sites (N-methyl/N-ethyl adjacent to an activating group) is 1. The zero-order valence-corrected chi connectivity index (χ0v) is 8.85. The van der Waals surface area contributed by atoms with E-state index in [2.05, 4.69) is 10.1 Å². The van der Waals surface area contributed by atoms with Crippen LogP contribution < -0.4 is 56.7 Å². The Bertz CT molecular complexity index is 79.0. The summed E-state index contributed by atoms with van der Waals surface area (Å²) in [5.41, 5.74) is 6.27. The van der Waals surface area contributed by atoms with Crippen molar-refractivity contribution in [3.8, 4) is 0 Å². The van der Waals surface area contributed by atoms with Gasteiger partial charge < -0.3 is 15.8 Å². The largest absolute Gasteiger partial charge is 1.00 e. The van der Waals surface area contributed by atoms with Crippen molar-refractivity contribution in [2.75, 3.05) is 20.2 Å². The summed E-state index contributed by atoms with van der Waals surface area (Å²) in [5, 5.41) is 2.76. The number of hydrogen-bond acceptors (Lipinski definition) is 3. The van der Waals surface area contributed by atoms with E-state index in [9.17, 15) is 4.79 Å². The van der Waals surface area contributed by atoms with Gasteiger partial charge in [-0.25, -0.2) is 0 Å². The molecule has 0 radical (unpaired) electrons. The molecular formula is C4H9KN2O2. The van der Waals surface area contributed by atoms with Gasteiger partial charge in [0.2, 0.25) is 6.09 Å². The van der Waals surface area contributed by atoms with E-state index in [4.69, 9.17) is 5.73 Å². The third kappa shape index (κ3) is 12.1. The minimum atomic E-state index is -0.972. The molecule has 0 aliphatic heterocycles. The van der Waals surface area contributed by atoms with E-state index in [1.165, 1.54) is 0 Å². The first kappa shape index (κ1) is 12.5. The fraction of sp³-hybridized carbons (Fsp3) is 0.750. The smallest absolute Gasteiger partial charge is 0.632 e. The Hall–Kier alpha value is 0.866. The molecule has 0 aliphatic carbocycles. The summed E-state index contributed by atoms with van der Waals surface area (Å²) in [7, 11) is 1.75. The predicted molar refractivity (Wildman–Crippen MR) is 29.6 cm³/mol. The quantitative estimate of drug-likeness (QED) is 0.360. The van der Waals surface area contributed by atoms with E-state index in [1.807, 2.05) is 0 Å². The number of nitrogens with one attached hydrogen (secondary N) is 2. The Morgan fingerprint density at radius 2 is 2.33 bits per heavy atom. The molecule has 0 aromatic rings. The normalized spacial score (nSPS) is 7.67. The summed E-state index contributed by atoms with van der Waals surface area (Å²) in [6.07, 6.45) is -0.972. The minimum Gasteiger partial charge on any atom is -0.632 e. The van der Waals surface area contributed by atoms with Crippen LogP contribution in [-0.2, 0) is 4.74 Å². The minimum absolute atomic E-state index is 0. The molecule has 0 spiro atoms. The zero-order chi connectivity index (χ0) is 6.41. The van der Waals surface area contributed by atoms with Gasteiger partial charge in [-0.1, -0.05) is 0 Å².